The maximum atomic E-state index is 12.5. The van der Waals surface area contributed by atoms with E-state index in [0.29, 0.717) is 18.0 Å². The van der Waals surface area contributed by atoms with Crippen molar-refractivity contribution in [2.45, 2.75) is 12.8 Å². The molecular weight excluding hydrogens is 292 g/mol. The van der Waals surface area contributed by atoms with Gasteiger partial charge in [-0.15, -0.1) is 0 Å². The van der Waals surface area contributed by atoms with Crippen LogP contribution in [0.25, 0.3) is 0 Å². The summed E-state index contributed by atoms with van der Waals surface area (Å²) in [6.45, 7) is 0.679. The summed E-state index contributed by atoms with van der Waals surface area (Å²) in [6, 6.07) is 12.9. The number of ether oxygens (including phenoxy) is 2. The summed E-state index contributed by atoms with van der Waals surface area (Å²) >= 11 is 0. The van der Waals surface area contributed by atoms with Gasteiger partial charge in [-0.2, -0.15) is 0 Å². The van der Waals surface area contributed by atoms with Gasteiger partial charge in [0.2, 0.25) is 0 Å². The van der Waals surface area contributed by atoms with Crippen molar-refractivity contribution in [3.8, 4) is 11.5 Å². The fourth-order valence-electron chi connectivity index (χ4n) is 2.82. The number of carbonyl (C=O) groups excluding carboxylic acids is 1. The molecule has 3 rings (SSSR count). The van der Waals surface area contributed by atoms with Gasteiger partial charge in [0.15, 0.2) is 6.61 Å². The van der Waals surface area contributed by atoms with Crippen LogP contribution in [-0.2, 0) is 11.2 Å². The Balaban J connectivity index is 1.71. The number of hydrogen-bond acceptors (Lipinski definition) is 4. The lowest BCUT2D eigenvalue weighted by Gasteiger charge is -2.30. The number of nitrogen functional groups attached to an aromatic ring is 1. The second kappa shape index (κ2) is 6.60. The zero-order valence-electron chi connectivity index (χ0n) is 13.1. The van der Waals surface area contributed by atoms with E-state index in [-0.39, 0.29) is 12.5 Å². The van der Waals surface area contributed by atoms with Crippen molar-refractivity contribution in [3.05, 3.63) is 48.0 Å². The van der Waals surface area contributed by atoms with Gasteiger partial charge in [-0.1, -0.05) is 12.1 Å². The Morgan fingerprint density at radius 2 is 2.00 bits per heavy atom. The molecule has 0 spiro atoms. The Morgan fingerprint density at radius 3 is 2.83 bits per heavy atom. The molecule has 1 amide bonds. The molecule has 1 heterocycles. The molecule has 120 valence electrons. The van der Waals surface area contributed by atoms with E-state index in [1.165, 1.54) is 0 Å². The average molecular weight is 312 g/mol. The molecule has 0 unspecified atom stereocenters. The van der Waals surface area contributed by atoms with Gasteiger partial charge >= 0.3 is 0 Å². The molecule has 0 bridgehead atoms. The molecule has 0 atom stereocenters. The van der Waals surface area contributed by atoms with Crippen LogP contribution in [0.15, 0.2) is 42.5 Å². The van der Waals surface area contributed by atoms with E-state index in [1.807, 2.05) is 30.3 Å². The normalized spacial score (nSPS) is 13.3. The van der Waals surface area contributed by atoms with Crippen LogP contribution >= 0.6 is 0 Å². The highest BCUT2D eigenvalue weighted by Crippen LogP contribution is 2.31. The third kappa shape index (κ3) is 3.23. The van der Waals surface area contributed by atoms with Crippen molar-refractivity contribution in [2.24, 2.45) is 0 Å². The summed E-state index contributed by atoms with van der Waals surface area (Å²) < 4.78 is 10.8. The number of anilines is 2. The Kier molecular flexibility index (Phi) is 4.37. The predicted molar refractivity (Wildman–Crippen MR) is 90.0 cm³/mol. The largest absolute Gasteiger partial charge is 0.497 e. The highest BCUT2D eigenvalue weighted by atomic mass is 16.5. The fourth-order valence-corrected chi connectivity index (χ4v) is 2.82. The standard InChI is InChI=1S/C18H20N2O3/c1-22-13-5-2-6-14(11-13)23-12-18(21)20-10-4-7-15-16(19)8-3-9-17(15)20/h2-3,5-6,8-9,11H,4,7,10,12,19H2,1H3. The van der Waals surface area contributed by atoms with E-state index >= 15 is 0 Å². The number of carbonyl (C=O) groups is 1. The van der Waals surface area contributed by atoms with E-state index in [2.05, 4.69) is 0 Å². The van der Waals surface area contributed by atoms with Crippen molar-refractivity contribution < 1.29 is 14.3 Å². The number of nitrogens with zero attached hydrogens (tertiary/aromatic N) is 1. The lowest BCUT2D eigenvalue weighted by atomic mass is 10.00. The van der Waals surface area contributed by atoms with Gasteiger partial charge in [0.25, 0.3) is 5.91 Å². The van der Waals surface area contributed by atoms with Crippen LogP contribution in [0.5, 0.6) is 11.5 Å². The van der Waals surface area contributed by atoms with Gasteiger partial charge < -0.3 is 20.1 Å². The first-order chi connectivity index (χ1) is 11.2. The Hall–Kier alpha value is -2.69. The van der Waals surface area contributed by atoms with E-state index in [0.717, 1.165) is 29.8 Å². The highest BCUT2D eigenvalue weighted by Gasteiger charge is 2.23. The average Bonchev–Trinajstić information content (AvgIpc) is 2.60. The molecule has 1 aliphatic rings. The van der Waals surface area contributed by atoms with Crippen molar-refractivity contribution >= 4 is 17.3 Å². The smallest absolute Gasteiger partial charge is 0.264 e. The van der Waals surface area contributed by atoms with Crippen LogP contribution < -0.4 is 20.1 Å². The Morgan fingerprint density at radius 1 is 1.22 bits per heavy atom. The van der Waals surface area contributed by atoms with E-state index in [4.69, 9.17) is 15.2 Å². The molecule has 2 aromatic carbocycles. The number of methoxy groups -OCH3 is 1. The molecule has 2 N–H and O–H groups in total. The molecule has 0 aromatic heterocycles. The topological polar surface area (TPSA) is 64.8 Å². The van der Waals surface area contributed by atoms with Crippen LogP contribution in [0.2, 0.25) is 0 Å². The maximum absolute atomic E-state index is 12.5. The molecule has 2 aromatic rings. The molecule has 5 nitrogen and oxygen atoms in total. The minimum Gasteiger partial charge on any atom is -0.497 e. The van der Waals surface area contributed by atoms with E-state index in [9.17, 15) is 4.79 Å². The van der Waals surface area contributed by atoms with E-state index in [1.54, 1.807) is 24.1 Å². The lowest BCUT2D eigenvalue weighted by Crippen LogP contribution is -2.38. The summed E-state index contributed by atoms with van der Waals surface area (Å²) in [5.74, 6) is 1.24. The predicted octanol–water partition coefficient (Wildman–Crippen LogP) is 2.64. The summed E-state index contributed by atoms with van der Waals surface area (Å²) in [6.07, 6.45) is 1.81. The minimum atomic E-state index is -0.0700. The highest BCUT2D eigenvalue weighted by molar-refractivity contribution is 5.96. The summed E-state index contributed by atoms with van der Waals surface area (Å²) in [7, 11) is 1.60. The van der Waals surface area contributed by atoms with Crippen LogP contribution in [0.3, 0.4) is 0 Å². The molecule has 1 aliphatic heterocycles. The molecule has 0 fully saturated rings. The molecule has 0 saturated heterocycles. The van der Waals surface area contributed by atoms with Crippen molar-refractivity contribution in [1.29, 1.82) is 0 Å². The Labute approximate surface area is 135 Å². The third-order valence-electron chi connectivity index (χ3n) is 3.99. The second-order valence-electron chi connectivity index (χ2n) is 5.46. The molecule has 23 heavy (non-hydrogen) atoms. The molecule has 0 saturated carbocycles. The molecular formula is C18H20N2O3. The van der Waals surface area contributed by atoms with Crippen molar-refractivity contribution in [3.63, 3.8) is 0 Å². The van der Waals surface area contributed by atoms with Gasteiger partial charge in [-0.3, -0.25) is 4.79 Å². The second-order valence-corrected chi connectivity index (χ2v) is 5.46. The van der Waals surface area contributed by atoms with Crippen LogP contribution in [-0.4, -0.2) is 26.2 Å². The first-order valence-corrected chi connectivity index (χ1v) is 7.63. The van der Waals surface area contributed by atoms with Crippen LogP contribution in [0, 0.1) is 0 Å². The third-order valence-corrected chi connectivity index (χ3v) is 3.99. The van der Waals surface area contributed by atoms with E-state index < -0.39 is 0 Å². The zero-order chi connectivity index (χ0) is 16.2. The zero-order valence-corrected chi connectivity index (χ0v) is 13.1. The van der Waals surface area contributed by atoms with Crippen LogP contribution in [0.1, 0.15) is 12.0 Å². The van der Waals surface area contributed by atoms with Gasteiger partial charge in [0.1, 0.15) is 11.5 Å². The maximum Gasteiger partial charge on any atom is 0.264 e. The first kappa shape index (κ1) is 15.2. The number of rotatable bonds is 4. The monoisotopic (exact) mass is 312 g/mol. The number of amides is 1. The SMILES string of the molecule is COc1cccc(OCC(=O)N2CCCc3c(N)cccc32)c1. The Bertz CT molecular complexity index is 715. The summed E-state index contributed by atoms with van der Waals surface area (Å²) in [4.78, 5) is 14.3. The number of hydrogen-bond donors (Lipinski definition) is 1. The molecule has 0 aliphatic carbocycles. The van der Waals surface area contributed by atoms with Gasteiger partial charge in [-0.25, -0.2) is 0 Å². The molecule has 0 radical (unpaired) electrons. The van der Waals surface area contributed by atoms with Gasteiger partial charge in [0, 0.05) is 24.0 Å². The first-order valence-electron chi connectivity index (χ1n) is 7.63. The van der Waals surface area contributed by atoms with Crippen molar-refractivity contribution in [2.75, 3.05) is 30.9 Å². The lowest BCUT2D eigenvalue weighted by molar-refractivity contribution is -0.120. The van der Waals surface area contributed by atoms with Crippen molar-refractivity contribution in [1.82, 2.24) is 0 Å². The summed E-state index contributed by atoms with van der Waals surface area (Å²) in [5, 5.41) is 0. The number of nitrogens with two attached hydrogens (primary N) is 1. The molecule has 5 heteroatoms. The van der Waals surface area contributed by atoms with Crippen LogP contribution in [0.4, 0.5) is 11.4 Å². The number of fused-ring (bicyclic) bond motifs is 1. The quantitative estimate of drug-likeness (QED) is 0.882. The minimum absolute atomic E-state index is 0.0125. The summed E-state index contributed by atoms with van der Waals surface area (Å²) in [5.41, 5.74) is 8.71. The van der Waals surface area contributed by atoms with Gasteiger partial charge in [0.05, 0.1) is 7.11 Å². The number of benzene rings is 2. The fraction of sp³-hybridized carbons (Fsp3) is 0.278. The van der Waals surface area contributed by atoms with Gasteiger partial charge in [-0.05, 0) is 42.7 Å².